The molecule has 3 rings (SSSR count). The first-order valence-electron chi connectivity index (χ1n) is 10.2. The molecule has 0 unspecified atom stereocenters. The lowest BCUT2D eigenvalue weighted by molar-refractivity contribution is -0.121. The van der Waals surface area contributed by atoms with Gasteiger partial charge in [0.25, 0.3) is 0 Å². The summed E-state index contributed by atoms with van der Waals surface area (Å²) in [7, 11) is -3.94. The number of hydrogen-bond acceptors (Lipinski definition) is 6. The van der Waals surface area contributed by atoms with Crippen molar-refractivity contribution in [3.63, 3.8) is 0 Å². The normalized spacial score (nSPS) is 11.7. The van der Waals surface area contributed by atoms with Gasteiger partial charge in [-0.25, -0.2) is 13.4 Å². The van der Waals surface area contributed by atoms with Crippen molar-refractivity contribution in [3.8, 4) is 0 Å². The molecule has 0 saturated carbocycles. The van der Waals surface area contributed by atoms with Gasteiger partial charge in [0.15, 0.2) is 5.16 Å². The maximum Gasteiger partial charge on any atom is 0.244 e. The van der Waals surface area contributed by atoms with Crippen LogP contribution in [0.3, 0.4) is 0 Å². The van der Waals surface area contributed by atoms with Gasteiger partial charge in [-0.1, -0.05) is 53.2 Å². The fourth-order valence-electron chi connectivity index (χ4n) is 3.54. The largest absolute Gasteiger partial charge is 0.354 e. The standard InChI is InChI=1S/C22H26ClN5O3S2/c1-15-10-16(2)21(17(3)11-15)33(30,31)28(12-18-4-6-19(23)7-5-18)13-20(29)24-8-9-32-22-25-14-26-27-22/h4-7,10-11,14H,8-9,12-13H2,1-3H3,(H,24,29)(H,25,26,27). The first-order valence-corrected chi connectivity index (χ1v) is 13.0. The average molecular weight is 508 g/mol. The molecule has 1 amide bonds. The Morgan fingerprint density at radius 3 is 2.42 bits per heavy atom. The number of thioether (sulfide) groups is 1. The van der Waals surface area contributed by atoms with Gasteiger partial charge in [-0.15, -0.1) is 0 Å². The number of carbonyl (C=O) groups excluding carboxylic acids is 1. The van der Waals surface area contributed by atoms with Crippen LogP contribution in [0.1, 0.15) is 22.3 Å². The second-order valence-corrected chi connectivity index (χ2v) is 11.0. The van der Waals surface area contributed by atoms with Crippen molar-refractivity contribution in [2.45, 2.75) is 37.4 Å². The molecule has 2 aromatic carbocycles. The zero-order valence-electron chi connectivity index (χ0n) is 18.6. The Kier molecular flexibility index (Phi) is 8.52. The molecule has 0 atom stereocenters. The highest BCUT2D eigenvalue weighted by Gasteiger charge is 2.30. The topological polar surface area (TPSA) is 108 Å². The number of hydrogen-bond donors (Lipinski definition) is 2. The molecule has 1 aromatic heterocycles. The molecule has 0 saturated heterocycles. The minimum Gasteiger partial charge on any atom is -0.354 e. The molecule has 8 nitrogen and oxygen atoms in total. The van der Waals surface area contributed by atoms with Gasteiger partial charge in [-0.05, 0) is 49.6 Å². The molecule has 33 heavy (non-hydrogen) atoms. The van der Waals surface area contributed by atoms with Gasteiger partial charge < -0.3 is 5.32 Å². The molecule has 0 spiro atoms. The summed E-state index contributed by atoms with van der Waals surface area (Å²) in [5.74, 6) is 0.189. The van der Waals surface area contributed by atoms with E-state index in [1.165, 1.54) is 22.4 Å². The van der Waals surface area contributed by atoms with Crippen molar-refractivity contribution in [1.29, 1.82) is 0 Å². The van der Waals surface area contributed by atoms with E-state index in [9.17, 15) is 13.2 Å². The predicted octanol–water partition coefficient (Wildman–Crippen LogP) is 3.48. The van der Waals surface area contributed by atoms with Gasteiger partial charge in [0, 0.05) is 23.9 Å². The van der Waals surface area contributed by atoms with Gasteiger partial charge >= 0.3 is 0 Å². The number of amides is 1. The Bertz CT molecular complexity index is 1180. The molecule has 1 heterocycles. The molecule has 0 aliphatic heterocycles. The molecule has 0 fully saturated rings. The molecule has 0 aliphatic carbocycles. The minimum atomic E-state index is -3.94. The maximum absolute atomic E-state index is 13.7. The van der Waals surface area contributed by atoms with E-state index >= 15 is 0 Å². The number of halogens is 1. The van der Waals surface area contributed by atoms with E-state index in [2.05, 4.69) is 20.5 Å². The first-order chi connectivity index (χ1) is 15.7. The summed E-state index contributed by atoms with van der Waals surface area (Å²) in [5.41, 5.74) is 3.02. The lowest BCUT2D eigenvalue weighted by Gasteiger charge is -2.24. The fourth-order valence-corrected chi connectivity index (χ4v) is 6.10. The van der Waals surface area contributed by atoms with E-state index in [0.29, 0.717) is 33.6 Å². The molecule has 2 N–H and O–H groups in total. The van der Waals surface area contributed by atoms with Crippen LogP contribution in [0.5, 0.6) is 0 Å². The first kappa shape index (κ1) is 25.2. The SMILES string of the molecule is Cc1cc(C)c(S(=O)(=O)N(CC(=O)NCCSc2ncn[nH]2)Cc2ccc(Cl)cc2)c(C)c1. The highest BCUT2D eigenvalue weighted by atomic mass is 35.5. The third-order valence-corrected chi connectivity index (χ3v) is 8.08. The smallest absolute Gasteiger partial charge is 0.244 e. The van der Waals surface area contributed by atoms with E-state index in [-0.39, 0.29) is 23.9 Å². The van der Waals surface area contributed by atoms with Crippen LogP contribution in [0.2, 0.25) is 5.02 Å². The van der Waals surface area contributed by atoms with E-state index in [0.717, 1.165) is 11.1 Å². The number of rotatable bonds is 10. The lowest BCUT2D eigenvalue weighted by Crippen LogP contribution is -2.41. The zero-order chi connectivity index (χ0) is 24.0. The third kappa shape index (κ3) is 6.80. The van der Waals surface area contributed by atoms with Crippen LogP contribution in [0.15, 0.2) is 52.8 Å². The van der Waals surface area contributed by atoms with Crippen LogP contribution in [0.4, 0.5) is 0 Å². The summed E-state index contributed by atoms with van der Waals surface area (Å²) in [5, 5.41) is 10.5. The fraction of sp³-hybridized carbons (Fsp3) is 0.318. The molecule has 0 bridgehead atoms. The van der Waals surface area contributed by atoms with Crippen molar-refractivity contribution in [2.24, 2.45) is 0 Å². The van der Waals surface area contributed by atoms with Gasteiger partial charge in [0.05, 0.1) is 11.4 Å². The van der Waals surface area contributed by atoms with Crippen LogP contribution in [0, 0.1) is 20.8 Å². The minimum absolute atomic E-state index is 0.0481. The Labute approximate surface area is 203 Å². The van der Waals surface area contributed by atoms with Crippen LogP contribution in [0.25, 0.3) is 0 Å². The van der Waals surface area contributed by atoms with Crippen LogP contribution in [-0.2, 0) is 21.4 Å². The summed E-state index contributed by atoms with van der Waals surface area (Å²) in [6.45, 7) is 5.58. The Hall–Kier alpha value is -2.40. The second-order valence-electron chi connectivity index (χ2n) is 7.62. The monoisotopic (exact) mass is 507 g/mol. The Morgan fingerprint density at radius 2 is 1.82 bits per heavy atom. The Morgan fingerprint density at radius 1 is 1.15 bits per heavy atom. The number of aryl methyl sites for hydroxylation is 3. The van der Waals surface area contributed by atoms with E-state index in [1.807, 2.05) is 19.1 Å². The average Bonchev–Trinajstić information content (AvgIpc) is 3.25. The van der Waals surface area contributed by atoms with Gasteiger partial charge in [0.2, 0.25) is 15.9 Å². The van der Waals surface area contributed by atoms with Gasteiger partial charge in [-0.2, -0.15) is 9.40 Å². The predicted molar refractivity (Wildman–Crippen MR) is 130 cm³/mol. The summed E-state index contributed by atoms with van der Waals surface area (Å²) < 4.78 is 28.6. The zero-order valence-corrected chi connectivity index (χ0v) is 21.0. The van der Waals surface area contributed by atoms with E-state index < -0.39 is 10.0 Å². The van der Waals surface area contributed by atoms with Crippen molar-refractivity contribution in [1.82, 2.24) is 24.8 Å². The highest BCUT2D eigenvalue weighted by Crippen LogP contribution is 2.26. The number of nitrogens with zero attached hydrogens (tertiary/aromatic N) is 3. The number of carbonyl (C=O) groups is 1. The molecule has 11 heteroatoms. The summed E-state index contributed by atoms with van der Waals surface area (Å²) in [6, 6.07) is 10.6. The number of benzene rings is 2. The molecular formula is C22H26ClN5O3S2. The van der Waals surface area contributed by atoms with E-state index in [4.69, 9.17) is 11.6 Å². The van der Waals surface area contributed by atoms with Gasteiger partial charge in [0.1, 0.15) is 6.33 Å². The maximum atomic E-state index is 13.7. The van der Waals surface area contributed by atoms with Crippen LogP contribution in [-0.4, -0.2) is 52.7 Å². The van der Waals surface area contributed by atoms with Crippen molar-refractivity contribution < 1.29 is 13.2 Å². The molecule has 0 radical (unpaired) electrons. The molecule has 3 aromatic rings. The summed E-state index contributed by atoms with van der Waals surface area (Å²) >= 11 is 7.39. The second kappa shape index (κ2) is 11.1. The molecule has 176 valence electrons. The number of nitrogens with one attached hydrogen (secondary N) is 2. The molecular weight excluding hydrogens is 482 g/mol. The third-order valence-electron chi connectivity index (χ3n) is 4.85. The highest BCUT2D eigenvalue weighted by molar-refractivity contribution is 7.99. The van der Waals surface area contributed by atoms with E-state index in [1.54, 1.807) is 38.1 Å². The van der Waals surface area contributed by atoms with Crippen LogP contribution >= 0.6 is 23.4 Å². The number of aromatic amines is 1. The van der Waals surface area contributed by atoms with Crippen molar-refractivity contribution in [3.05, 3.63) is 70.0 Å². The number of aromatic nitrogens is 3. The lowest BCUT2D eigenvalue weighted by atomic mass is 10.1. The van der Waals surface area contributed by atoms with Crippen molar-refractivity contribution in [2.75, 3.05) is 18.8 Å². The van der Waals surface area contributed by atoms with Crippen LogP contribution < -0.4 is 5.32 Å². The number of H-pyrrole nitrogens is 1. The Balaban J connectivity index is 1.78. The van der Waals surface area contributed by atoms with Gasteiger partial charge in [-0.3, -0.25) is 9.89 Å². The summed E-state index contributed by atoms with van der Waals surface area (Å²) in [6.07, 6.45) is 1.41. The summed E-state index contributed by atoms with van der Waals surface area (Å²) in [4.78, 5) is 16.9. The van der Waals surface area contributed by atoms with Crippen molar-refractivity contribution >= 4 is 39.3 Å². The molecule has 0 aliphatic rings. The quantitative estimate of drug-likeness (QED) is 0.321. The number of sulfonamides is 1.